The average molecular weight is 260 g/mol. The van der Waals surface area contributed by atoms with Crippen molar-refractivity contribution in [3.63, 3.8) is 0 Å². The highest BCUT2D eigenvalue weighted by Crippen LogP contribution is 1.99. The number of nitrogens with zero attached hydrogens (tertiary/aromatic N) is 1. The van der Waals surface area contributed by atoms with Gasteiger partial charge in [0.2, 0.25) is 0 Å². The SMILES string of the molecule is CCOCCN(CC)CCC(NC)C(=O)OCC. The van der Waals surface area contributed by atoms with Crippen molar-refractivity contribution in [3.8, 4) is 0 Å². The summed E-state index contributed by atoms with van der Waals surface area (Å²) in [6.45, 7) is 10.6. The van der Waals surface area contributed by atoms with Crippen LogP contribution in [0, 0.1) is 0 Å². The lowest BCUT2D eigenvalue weighted by Gasteiger charge is -2.22. The molecule has 0 aromatic carbocycles. The fraction of sp³-hybridized carbons (Fsp3) is 0.923. The van der Waals surface area contributed by atoms with Gasteiger partial charge in [-0.1, -0.05) is 6.92 Å². The van der Waals surface area contributed by atoms with Gasteiger partial charge in [0, 0.05) is 19.7 Å². The average Bonchev–Trinajstić information content (AvgIpc) is 2.37. The molecule has 1 atom stereocenters. The first-order valence-electron chi connectivity index (χ1n) is 6.83. The van der Waals surface area contributed by atoms with Crippen LogP contribution in [-0.2, 0) is 14.3 Å². The molecule has 0 bridgehead atoms. The van der Waals surface area contributed by atoms with E-state index in [1.54, 1.807) is 7.05 Å². The molecule has 0 aromatic heterocycles. The zero-order chi connectivity index (χ0) is 13.8. The van der Waals surface area contributed by atoms with Crippen LogP contribution in [0.3, 0.4) is 0 Å². The van der Waals surface area contributed by atoms with Gasteiger partial charge in [-0.3, -0.25) is 4.79 Å². The summed E-state index contributed by atoms with van der Waals surface area (Å²) in [5.41, 5.74) is 0. The third-order valence-electron chi connectivity index (χ3n) is 2.86. The maximum absolute atomic E-state index is 11.6. The number of ether oxygens (including phenoxy) is 2. The van der Waals surface area contributed by atoms with Gasteiger partial charge in [0.25, 0.3) is 0 Å². The van der Waals surface area contributed by atoms with Gasteiger partial charge in [0.1, 0.15) is 6.04 Å². The topological polar surface area (TPSA) is 50.8 Å². The Morgan fingerprint density at radius 2 is 1.94 bits per heavy atom. The molecular weight excluding hydrogens is 232 g/mol. The second-order valence-corrected chi connectivity index (χ2v) is 4.01. The molecule has 108 valence electrons. The van der Waals surface area contributed by atoms with Crippen LogP contribution in [0.2, 0.25) is 0 Å². The van der Waals surface area contributed by atoms with Crippen LogP contribution in [0.5, 0.6) is 0 Å². The monoisotopic (exact) mass is 260 g/mol. The highest BCUT2D eigenvalue weighted by Gasteiger charge is 2.18. The number of hydrogen-bond donors (Lipinski definition) is 1. The second-order valence-electron chi connectivity index (χ2n) is 4.01. The van der Waals surface area contributed by atoms with Gasteiger partial charge >= 0.3 is 5.97 Å². The number of likely N-dealkylation sites (N-methyl/N-ethyl adjacent to an activating group) is 2. The van der Waals surface area contributed by atoms with Gasteiger partial charge in [-0.25, -0.2) is 0 Å². The zero-order valence-electron chi connectivity index (χ0n) is 12.2. The first-order valence-corrected chi connectivity index (χ1v) is 6.83. The Hall–Kier alpha value is -0.650. The van der Waals surface area contributed by atoms with Crippen molar-refractivity contribution >= 4 is 5.97 Å². The molecule has 0 amide bonds. The smallest absolute Gasteiger partial charge is 0.323 e. The molecule has 5 nitrogen and oxygen atoms in total. The molecule has 0 heterocycles. The highest BCUT2D eigenvalue weighted by atomic mass is 16.5. The van der Waals surface area contributed by atoms with Crippen LogP contribution in [0.25, 0.3) is 0 Å². The minimum atomic E-state index is -0.217. The van der Waals surface area contributed by atoms with Gasteiger partial charge in [-0.05, 0) is 33.9 Å². The third-order valence-corrected chi connectivity index (χ3v) is 2.86. The molecule has 0 spiro atoms. The maximum Gasteiger partial charge on any atom is 0.323 e. The Kier molecular flexibility index (Phi) is 11.0. The maximum atomic E-state index is 11.6. The predicted molar refractivity (Wildman–Crippen MR) is 72.7 cm³/mol. The predicted octanol–water partition coefficient (Wildman–Crippen LogP) is 0.886. The summed E-state index contributed by atoms with van der Waals surface area (Å²) >= 11 is 0. The fourth-order valence-corrected chi connectivity index (χ4v) is 1.70. The molecule has 0 rings (SSSR count). The van der Waals surface area contributed by atoms with Crippen LogP contribution in [0.4, 0.5) is 0 Å². The summed E-state index contributed by atoms with van der Waals surface area (Å²) in [5.74, 6) is -0.166. The molecule has 0 saturated carbocycles. The Balaban J connectivity index is 3.95. The largest absolute Gasteiger partial charge is 0.465 e. The lowest BCUT2D eigenvalue weighted by atomic mass is 10.2. The Labute approximate surface area is 111 Å². The standard InChI is InChI=1S/C13H28N2O3/c1-5-15(10-11-17-6-2)9-8-12(14-4)13(16)18-7-3/h12,14H,5-11H2,1-4H3. The molecule has 1 unspecified atom stereocenters. The molecule has 18 heavy (non-hydrogen) atoms. The summed E-state index contributed by atoms with van der Waals surface area (Å²) in [5, 5.41) is 3.00. The Bertz CT molecular complexity index is 212. The van der Waals surface area contributed by atoms with Crippen LogP contribution in [0.1, 0.15) is 27.2 Å². The number of esters is 1. The second kappa shape index (κ2) is 11.4. The molecule has 1 N–H and O–H groups in total. The van der Waals surface area contributed by atoms with Crippen molar-refractivity contribution in [1.29, 1.82) is 0 Å². The lowest BCUT2D eigenvalue weighted by Crippen LogP contribution is -2.39. The minimum absolute atomic E-state index is 0.166. The normalized spacial score (nSPS) is 12.7. The van der Waals surface area contributed by atoms with E-state index in [1.165, 1.54) is 0 Å². The summed E-state index contributed by atoms with van der Waals surface area (Å²) < 4.78 is 10.4. The van der Waals surface area contributed by atoms with Crippen LogP contribution in [-0.4, -0.2) is 63.4 Å². The lowest BCUT2D eigenvalue weighted by molar-refractivity contribution is -0.145. The van der Waals surface area contributed by atoms with E-state index in [0.29, 0.717) is 6.61 Å². The Morgan fingerprint density at radius 3 is 2.44 bits per heavy atom. The molecule has 0 aliphatic rings. The van der Waals surface area contributed by atoms with E-state index in [9.17, 15) is 4.79 Å². The van der Waals surface area contributed by atoms with Crippen LogP contribution < -0.4 is 5.32 Å². The molecule has 0 aliphatic heterocycles. The number of rotatable bonds is 11. The van der Waals surface area contributed by atoms with Gasteiger partial charge < -0.3 is 19.7 Å². The first kappa shape index (κ1) is 17.4. The molecule has 0 saturated heterocycles. The molecule has 0 fully saturated rings. The van der Waals surface area contributed by atoms with Crippen LogP contribution in [0.15, 0.2) is 0 Å². The van der Waals surface area contributed by atoms with Crippen molar-refractivity contribution in [3.05, 3.63) is 0 Å². The third kappa shape index (κ3) is 7.63. The van der Waals surface area contributed by atoms with E-state index in [1.807, 2.05) is 13.8 Å². The van der Waals surface area contributed by atoms with E-state index < -0.39 is 0 Å². The summed E-state index contributed by atoms with van der Waals surface area (Å²) in [7, 11) is 1.79. The van der Waals surface area contributed by atoms with Gasteiger partial charge in [-0.2, -0.15) is 0 Å². The van der Waals surface area contributed by atoms with Gasteiger partial charge in [-0.15, -0.1) is 0 Å². The number of hydrogen-bond acceptors (Lipinski definition) is 5. The van der Waals surface area contributed by atoms with Crippen molar-refractivity contribution in [2.24, 2.45) is 0 Å². The summed E-state index contributed by atoms with van der Waals surface area (Å²) in [6, 6.07) is -0.217. The first-order chi connectivity index (χ1) is 8.69. The number of carbonyl (C=O) groups excluding carboxylic acids is 1. The van der Waals surface area contributed by atoms with E-state index in [0.717, 1.165) is 39.3 Å². The van der Waals surface area contributed by atoms with E-state index in [-0.39, 0.29) is 12.0 Å². The number of carbonyl (C=O) groups is 1. The van der Waals surface area contributed by atoms with Crippen molar-refractivity contribution in [2.75, 3.05) is 46.5 Å². The van der Waals surface area contributed by atoms with Crippen LogP contribution >= 0.6 is 0 Å². The summed E-state index contributed by atoms with van der Waals surface area (Å²) in [4.78, 5) is 13.9. The Morgan fingerprint density at radius 1 is 1.22 bits per heavy atom. The fourth-order valence-electron chi connectivity index (χ4n) is 1.70. The molecule has 0 aromatic rings. The molecule has 0 aliphatic carbocycles. The minimum Gasteiger partial charge on any atom is -0.465 e. The number of nitrogens with one attached hydrogen (secondary N) is 1. The zero-order valence-corrected chi connectivity index (χ0v) is 12.2. The molecular formula is C13H28N2O3. The molecule has 5 heteroatoms. The quantitative estimate of drug-likeness (QED) is 0.441. The van der Waals surface area contributed by atoms with Crippen molar-refractivity contribution in [2.45, 2.75) is 33.2 Å². The van der Waals surface area contributed by atoms with Crippen molar-refractivity contribution < 1.29 is 14.3 Å². The van der Waals surface area contributed by atoms with Gasteiger partial charge in [0.15, 0.2) is 0 Å². The van der Waals surface area contributed by atoms with Gasteiger partial charge in [0.05, 0.1) is 13.2 Å². The molecule has 0 radical (unpaired) electrons. The highest BCUT2D eigenvalue weighted by molar-refractivity contribution is 5.75. The van der Waals surface area contributed by atoms with E-state index in [2.05, 4.69) is 17.1 Å². The van der Waals surface area contributed by atoms with E-state index in [4.69, 9.17) is 9.47 Å². The van der Waals surface area contributed by atoms with E-state index >= 15 is 0 Å². The van der Waals surface area contributed by atoms with Crippen molar-refractivity contribution in [1.82, 2.24) is 10.2 Å². The summed E-state index contributed by atoms with van der Waals surface area (Å²) in [6.07, 6.45) is 0.759.